The summed E-state index contributed by atoms with van der Waals surface area (Å²) in [6.07, 6.45) is 0. The third kappa shape index (κ3) is 1.10. The summed E-state index contributed by atoms with van der Waals surface area (Å²) in [5.41, 5.74) is 0. The molecule has 0 aliphatic carbocycles. The Kier molecular flexibility index (Phi) is 1.77. The third-order valence-electron chi connectivity index (χ3n) is 1.82. The Balaban J connectivity index is 2.83. The fourth-order valence-electron chi connectivity index (χ4n) is 1.21. The first kappa shape index (κ1) is 8.19. The number of thiophene rings is 1. The van der Waals surface area contributed by atoms with Crippen LogP contribution in [0.25, 0.3) is 10.1 Å². The SMILES string of the molecule is COc1sc2c(O)cccc2c1O. The van der Waals surface area contributed by atoms with Crippen molar-refractivity contribution in [1.29, 1.82) is 0 Å². The number of hydrogen-bond donors (Lipinski definition) is 2. The van der Waals surface area contributed by atoms with E-state index >= 15 is 0 Å². The van der Waals surface area contributed by atoms with Crippen molar-refractivity contribution in [2.75, 3.05) is 7.11 Å². The molecule has 0 saturated heterocycles. The molecule has 0 fully saturated rings. The van der Waals surface area contributed by atoms with Gasteiger partial charge in [-0.3, -0.25) is 0 Å². The number of rotatable bonds is 1. The van der Waals surface area contributed by atoms with Crippen molar-refractivity contribution in [3.63, 3.8) is 0 Å². The molecule has 0 unspecified atom stereocenters. The minimum Gasteiger partial charge on any atom is -0.506 e. The van der Waals surface area contributed by atoms with E-state index in [1.165, 1.54) is 18.4 Å². The minimum absolute atomic E-state index is 0.0957. The number of phenolic OH excluding ortho intramolecular Hbond substituents is 1. The molecule has 2 rings (SSSR count). The summed E-state index contributed by atoms with van der Waals surface area (Å²) in [5, 5.41) is 20.1. The lowest BCUT2D eigenvalue weighted by molar-refractivity contribution is 0.388. The smallest absolute Gasteiger partial charge is 0.217 e. The number of benzene rings is 1. The summed E-state index contributed by atoms with van der Waals surface area (Å²) in [6.45, 7) is 0. The van der Waals surface area contributed by atoms with Gasteiger partial charge in [-0.1, -0.05) is 17.4 Å². The van der Waals surface area contributed by atoms with Crippen molar-refractivity contribution in [3.05, 3.63) is 18.2 Å². The highest BCUT2D eigenvalue weighted by atomic mass is 32.1. The minimum atomic E-state index is 0.0957. The highest BCUT2D eigenvalue weighted by Gasteiger charge is 2.13. The van der Waals surface area contributed by atoms with Gasteiger partial charge < -0.3 is 14.9 Å². The van der Waals surface area contributed by atoms with E-state index in [0.29, 0.717) is 15.1 Å². The van der Waals surface area contributed by atoms with Gasteiger partial charge in [0.1, 0.15) is 5.75 Å². The number of phenols is 1. The molecule has 1 aromatic heterocycles. The zero-order valence-electron chi connectivity index (χ0n) is 6.94. The van der Waals surface area contributed by atoms with Crippen LogP contribution < -0.4 is 4.74 Å². The lowest BCUT2D eigenvalue weighted by Gasteiger charge is -1.93. The highest BCUT2D eigenvalue weighted by molar-refractivity contribution is 7.21. The number of fused-ring (bicyclic) bond motifs is 1. The summed E-state index contributed by atoms with van der Waals surface area (Å²) in [5.74, 6) is 0.263. The molecule has 68 valence electrons. The Morgan fingerprint density at radius 3 is 2.69 bits per heavy atom. The molecule has 0 aliphatic rings. The lowest BCUT2D eigenvalue weighted by atomic mass is 10.2. The summed E-state index contributed by atoms with van der Waals surface area (Å²) in [4.78, 5) is 0. The van der Waals surface area contributed by atoms with Gasteiger partial charge in [0, 0.05) is 5.39 Å². The van der Waals surface area contributed by atoms with Crippen LogP contribution in [0.2, 0.25) is 0 Å². The molecule has 0 spiro atoms. The third-order valence-corrected chi connectivity index (χ3v) is 3.00. The Morgan fingerprint density at radius 1 is 1.31 bits per heavy atom. The molecule has 0 radical (unpaired) electrons. The molecule has 4 heteroatoms. The fourth-order valence-corrected chi connectivity index (χ4v) is 2.13. The molecule has 2 aromatic rings. The maximum Gasteiger partial charge on any atom is 0.217 e. The summed E-state index contributed by atoms with van der Waals surface area (Å²) < 4.78 is 5.59. The van der Waals surface area contributed by atoms with E-state index in [4.69, 9.17) is 4.74 Å². The summed E-state index contributed by atoms with van der Waals surface area (Å²) in [7, 11) is 1.49. The molecule has 0 atom stereocenters. The van der Waals surface area contributed by atoms with E-state index in [1.54, 1.807) is 18.2 Å². The molecule has 3 nitrogen and oxygen atoms in total. The molecule has 0 aliphatic heterocycles. The fraction of sp³-hybridized carbons (Fsp3) is 0.111. The van der Waals surface area contributed by atoms with E-state index in [9.17, 15) is 10.2 Å². The Hall–Kier alpha value is -1.42. The standard InChI is InChI=1S/C9H8O3S/c1-12-9-7(11)5-3-2-4-6(10)8(5)13-9/h2-4,10-11H,1H3. The van der Waals surface area contributed by atoms with Gasteiger partial charge in [-0.2, -0.15) is 0 Å². The van der Waals surface area contributed by atoms with Crippen LogP contribution in [-0.2, 0) is 0 Å². The average Bonchev–Trinajstić information content (AvgIpc) is 2.45. The molecule has 0 saturated carbocycles. The molecule has 2 N–H and O–H groups in total. The van der Waals surface area contributed by atoms with Gasteiger partial charge in [0.25, 0.3) is 0 Å². The Labute approximate surface area is 78.8 Å². The number of hydrogen-bond acceptors (Lipinski definition) is 4. The molecule has 1 aromatic carbocycles. The Bertz CT molecular complexity index is 447. The van der Waals surface area contributed by atoms with E-state index < -0.39 is 0 Å². The predicted molar refractivity (Wildman–Crippen MR) is 51.7 cm³/mol. The van der Waals surface area contributed by atoms with Gasteiger partial charge in [0.15, 0.2) is 5.75 Å². The quantitative estimate of drug-likeness (QED) is 0.735. The molecule has 13 heavy (non-hydrogen) atoms. The van der Waals surface area contributed by atoms with Gasteiger partial charge in [-0.15, -0.1) is 0 Å². The topological polar surface area (TPSA) is 49.7 Å². The van der Waals surface area contributed by atoms with Crippen molar-refractivity contribution < 1.29 is 14.9 Å². The maximum atomic E-state index is 9.59. The van der Waals surface area contributed by atoms with Crippen LogP contribution >= 0.6 is 11.3 Å². The number of aromatic hydroxyl groups is 2. The van der Waals surface area contributed by atoms with Crippen LogP contribution in [0.1, 0.15) is 0 Å². The summed E-state index contributed by atoms with van der Waals surface area (Å²) >= 11 is 1.23. The first-order chi connectivity index (χ1) is 6.24. The van der Waals surface area contributed by atoms with Crippen LogP contribution in [-0.4, -0.2) is 17.3 Å². The molecular formula is C9H8O3S. The zero-order chi connectivity index (χ0) is 9.42. The molecular weight excluding hydrogens is 188 g/mol. The predicted octanol–water partition coefficient (Wildman–Crippen LogP) is 2.32. The molecule has 0 bridgehead atoms. The van der Waals surface area contributed by atoms with E-state index in [-0.39, 0.29) is 11.5 Å². The van der Waals surface area contributed by atoms with Gasteiger partial charge in [0.2, 0.25) is 5.06 Å². The first-order valence-electron chi connectivity index (χ1n) is 3.71. The van der Waals surface area contributed by atoms with Gasteiger partial charge in [-0.25, -0.2) is 0 Å². The molecule has 0 amide bonds. The van der Waals surface area contributed by atoms with Crippen molar-refractivity contribution in [3.8, 4) is 16.6 Å². The number of methoxy groups -OCH3 is 1. The maximum absolute atomic E-state index is 9.59. The van der Waals surface area contributed by atoms with Gasteiger partial charge >= 0.3 is 0 Å². The van der Waals surface area contributed by atoms with Crippen molar-refractivity contribution in [2.45, 2.75) is 0 Å². The van der Waals surface area contributed by atoms with Crippen LogP contribution in [0.4, 0.5) is 0 Å². The van der Waals surface area contributed by atoms with E-state index in [0.717, 1.165) is 0 Å². The second kappa shape index (κ2) is 2.81. The highest BCUT2D eigenvalue weighted by Crippen LogP contribution is 2.45. The van der Waals surface area contributed by atoms with Gasteiger partial charge in [-0.05, 0) is 12.1 Å². The van der Waals surface area contributed by atoms with Crippen molar-refractivity contribution in [2.24, 2.45) is 0 Å². The summed E-state index contributed by atoms with van der Waals surface area (Å²) in [6, 6.07) is 5.00. The zero-order valence-corrected chi connectivity index (χ0v) is 7.76. The first-order valence-corrected chi connectivity index (χ1v) is 4.53. The van der Waals surface area contributed by atoms with Crippen LogP contribution in [0, 0.1) is 0 Å². The van der Waals surface area contributed by atoms with E-state index in [2.05, 4.69) is 0 Å². The second-order valence-corrected chi connectivity index (χ2v) is 3.58. The second-order valence-electron chi connectivity index (χ2n) is 2.60. The van der Waals surface area contributed by atoms with Crippen molar-refractivity contribution >= 4 is 21.4 Å². The normalized spacial score (nSPS) is 10.5. The van der Waals surface area contributed by atoms with Crippen LogP contribution in [0.15, 0.2) is 18.2 Å². The van der Waals surface area contributed by atoms with E-state index in [1.807, 2.05) is 0 Å². The molecule has 1 heterocycles. The van der Waals surface area contributed by atoms with Gasteiger partial charge in [0.05, 0.1) is 11.8 Å². The monoisotopic (exact) mass is 196 g/mol. The average molecular weight is 196 g/mol. The largest absolute Gasteiger partial charge is 0.506 e. The van der Waals surface area contributed by atoms with Crippen LogP contribution in [0.3, 0.4) is 0 Å². The Morgan fingerprint density at radius 2 is 2.08 bits per heavy atom. The van der Waals surface area contributed by atoms with Crippen molar-refractivity contribution in [1.82, 2.24) is 0 Å². The lowest BCUT2D eigenvalue weighted by Crippen LogP contribution is -1.75. The number of ether oxygens (including phenoxy) is 1. The van der Waals surface area contributed by atoms with Crippen LogP contribution in [0.5, 0.6) is 16.6 Å².